The van der Waals surface area contributed by atoms with Gasteiger partial charge in [0.2, 0.25) is 5.91 Å². The van der Waals surface area contributed by atoms with Gasteiger partial charge in [0.25, 0.3) is 5.91 Å². The first-order chi connectivity index (χ1) is 11.0. The van der Waals surface area contributed by atoms with Crippen LogP contribution in [0.2, 0.25) is 0 Å². The molecule has 0 bridgehead atoms. The second kappa shape index (κ2) is 5.83. The third-order valence-electron chi connectivity index (χ3n) is 4.08. The fourth-order valence-electron chi connectivity index (χ4n) is 2.64. The number of hydrogen-bond donors (Lipinski definition) is 1. The number of nitrogens with zero attached hydrogens (tertiary/aromatic N) is 1. The van der Waals surface area contributed by atoms with E-state index in [4.69, 9.17) is 0 Å². The van der Waals surface area contributed by atoms with Gasteiger partial charge in [-0.1, -0.05) is 6.07 Å². The van der Waals surface area contributed by atoms with Gasteiger partial charge in [-0.15, -0.1) is 0 Å². The molecule has 5 heteroatoms. The van der Waals surface area contributed by atoms with Crippen molar-refractivity contribution in [2.75, 3.05) is 10.2 Å². The van der Waals surface area contributed by atoms with Gasteiger partial charge in [0.05, 0.1) is 12.1 Å². The number of carbonyl (C=O) groups excluding carboxylic acids is 2. The number of amides is 2. The normalized spacial score (nSPS) is 17.7. The highest BCUT2D eigenvalue weighted by Gasteiger charge is 2.39. The Balaban J connectivity index is 1.80. The smallest absolute Gasteiger partial charge is 0.256 e. The highest BCUT2D eigenvalue weighted by molar-refractivity contribution is 6.23. The number of imide groups is 1. The van der Waals surface area contributed by atoms with Crippen LogP contribution in [0.5, 0.6) is 0 Å². The second-order valence-corrected chi connectivity index (χ2v) is 5.74. The second-order valence-electron chi connectivity index (χ2n) is 5.74. The first-order valence-corrected chi connectivity index (χ1v) is 7.42. The summed E-state index contributed by atoms with van der Waals surface area (Å²) >= 11 is 0. The fraction of sp³-hybridized carbons (Fsp3) is 0.222. The van der Waals surface area contributed by atoms with Crippen molar-refractivity contribution in [2.45, 2.75) is 26.3 Å². The topological polar surface area (TPSA) is 49.4 Å². The van der Waals surface area contributed by atoms with Crippen LogP contribution in [0.4, 0.5) is 15.8 Å². The minimum atomic E-state index is -0.602. The van der Waals surface area contributed by atoms with E-state index in [1.54, 1.807) is 0 Å². The number of halogens is 1. The first-order valence-electron chi connectivity index (χ1n) is 7.42. The molecule has 1 heterocycles. The molecule has 2 aromatic rings. The maximum Gasteiger partial charge on any atom is 0.256 e. The zero-order valence-corrected chi connectivity index (χ0v) is 13.0. The zero-order valence-electron chi connectivity index (χ0n) is 13.0. The standard InChI is InChI=1S/C18H17FN2O2/c1-11-3-6-14(9-12(11)2)20-16-10-17(22)21(18(16)23)15-7-4-13(19)5-8-15/h3-9,16,20H,10H2,1-2H3/t16-/m1/s1. The Morgan fingerprint density at radius 2 is 1.74 bits per heavy atom. The van der Waals surface area contributed by atoms with Gasteiger partial charge in [0.15, 0.2) is 0 Å². The van der Waals surface area contributed by atoms with Gasteiger partial charge in [-0.05, 0) is 61.4 Å². The molecule has 0 unspecified atom stereocenters. The van der Waals surface area contributed by atoms with E-state index in [2.05, 4.69) is 5.32 Å². The number of aryl methyl sites for hydroxylation is 2. The van der Waals surface area contributed by atoms with Gasteiger partial charge in [0.1, 0.15) is 11.9 Å². The molecule has 1 saturated heterocycles. The van der Waals surface area contributed by atoms with Crippen molar-refractivity contribution >= 4 is 23.2 Å². The quantitative estimate of drug-likeness (QED) is 0.886. The van der Waals surface area contributed by atoms with Gasteiger partial charge in [-0.25, -0.2) is 9.29 Å². The van der Waals surface area contributed by atoms with E-state index in [1.165, 1.54) is 24.3 Å². The van der Waals surface area contributed by atoms with Crippen LogP contribution in [0.3, 0.4) is 0 Å². The molecule has 0 aliphatic carbocycles. The van der Waals surface area contributed by atoms with E-state index >= 15 is 0 Å². The Kier molecular flexibility index (Phi) is 3.86. The monoisotopic (exact) mass is 312 g/mol. The lowest BCUT2D eigenvalue weighted by molar-refractivity contribution is -0.121. The van der Waals surface area contributed by atoms with Crippen molar-refractivity contribution < 1.29 is 14.0 Å². The van der Waals surface area contributed by atoms with Crippen LogP contribution in [0.1, 0.15) is 17.5 Å². The Labute approximate surface area is 133 Å². The Bertz CT molecular complexity index is 771. The molecular weight excluding hydrogens is 295 g/mol. The average molecular weight is 312 g/mol. The van der Waals surface area contributed by atoms with E-state index in [-0.39, 0.29) is 18.2 Å². The molecule has 23 heavy (non-hydrogen) atoms. The minimum absolute atomic E-state index is 0.0864. The molecule has 0 radical (unpaired) electrons. The van der Waals surface area contributed by atoms with Gasteiger partial charge >= 0.3 is 0 Å². The molecule has 0 spiro atoms. The summed E-state index contributed by atoms with van der Waals surface area (Å²) in [6, 6.07) is 10.5. The number of nitrogens with one attached hydrogen (secondary N) is 1. The molecule has 4 nitrogen and oxygen atoms in total. The van der Waals surface area contributed by atoms with Gasteiger partial charge < -0.3 is 5.32 Å². The van der Waals surface area contributed by atoms with Crippen LogP contribution >= 0.6 is 0 Å². The minimum Gasteiger partial charge on any atom is -0.373 e. The summed E-state index contributed by atoms with van der Waals surface area (Å²) in [6.07, 6.45) is 0.0864. The Morgan fingerprint density at radius 1 is 1.04 bits per heavy atom. The SMILES string of the molecule is Cc1ccc(N[C@@H]2CC(=O)N(c3ccc(F)cc3)C2=O)cc1C. The summed E-state index contributed by atoms with van der Waals surface area (Å²) in [5, 5.41) is 3.11. The lowest BCUT2D eigenvalue weighted by Gasteiger charge is -2.16. The van der Waals surface area contributed by atoms with Gasteiger partial charge in [0, 0.05) is 5.69 Å². The Hall–Kier alpha value is -2.69. The average Bonchev–Trinajstić information content (AvgIpc) is 2.79. The largest absolute Gasteiger partial charge is 0.373 e. The summed E-state index contributed by atoms with van der Waals surface area (Å²) in [5.41, 5.74) is 3.48. The first kappa shape index (κ1) is 15.2. The summed E-state index contributed by atoms with van der Waals surface area (Å²) in [4.78, 5) is 25.8. The van der Waals surface area contributed by atoms with Crippen LogP contribution in [-0.2, 0) is 9.59 Å². The number of rotatable bonds is 3. The summed E-state index contributed by atoms with van der Waals surface area (Å²) in [6.45, 7) is 4.01. The van der Waals surface area contributed by atoms with Crippen LogP contribution in [0.25, 0.3) is 0 Å². The molecule has 1 aliphatic rings. The summed E-state index contributed by atoms with van der Waals surface area (Å²) in [5.74, 6) is -1.01. The van der Waals surface area contributed by atoms with Crippen LogP contribution < -0.4 is 10.2 Å². The summed E-state index contributed by atoms with van der Waals surface area (Å²) < 4.78 is 13.0. The number of hydrogen-bond acceptors (Lipinski definition) is 3. The van der Waals surface area contributed by atoms with Crippen LogP contribution in [-0.4, -0.2) is 17.9 Å². The lowest BCUT2D eigenvalue weighted by Crippen LogP contribution is -2.34. The van der Waals surface area contributed by atoms with E-state index in [0.29, 0.717) is 5.69 Å². The maximum atomic E-state index is 13.0. The van der Waals surface area contributed by atoms with Crippen molar-refractivity contribution in [3.05, 3.63) is 59.4 Å². The molecule has 2 amide bonds. The third-order valence-corrected chi connectivity index (χ3v) is 4.08. The molecule has 1 aliphatic heterocycles. The highest BCUT2D eigenvalue weighted by Crippen LogP contribution is 2.25. The number of anilines is 2. The van der Waals surface area contributed by atoms with Crippen molar-refractivity contribution in [1.82, 2.24) is 0 Å². The van der Waals surface area contributed by atoms with E-state index in [9.17, 15) is 14.0 Å². The van der Waals surface area contributed by atoms with Crippen molar-refractivity contribution in [1.29, 1.82) is 0 Å². The van der Waals surface area contributed by atoms with E-state index in [1.807, 2.05) is 32.0 Å². The highest BCUT2D eigenvalue weighted by atomic mass is 19.1. The molecule has 118 valence electrons. The number of carbonyl (C=O) groups is 2. The maximum absolute atomic E-state index is 13.0. The van der Waals surface area contributed by atoms with Crippen molar-refractivity contribution in [3.8, 4) is 0 Å². The van der Waals surface area contributed by atoms with Gasteiger partial charge in [-0.3, -0.25) is 9.59 Å². The van der Waals surface area contributed by atoms with Crippen LogP contribution in [0.15, 0.2) is 42.5 Å². The van der Waals surface area contributed by atoms with Gasteiger partial charge in [-0.2, -0.15) is 0 Å². The lowest BCUT2D eigenvalue weighted by atomic mass is 10.1. The molecule has 1 atom stereocenters. The molecule has 1 fully saturated rings. The van der Waals surface area contributed by atoms with Crippen molar-refractivity contribution in [3.63, 3.8) is 0 Å². The predicted octanol–water partition coefficient (Wildman–Crippen LogP) is 3.19. The number of benzene rings is 2. The molecule has 3 rings (SSSR count). The van der Waals surface area contributed by atoms with E-state index in [0.717, 1.165) is 21.7 Å². The molecule has 1 N–H and O–H groups in total. The molecule has 2 aromatic carbocycles. The van der Waals surface area contributed by atoms with E-state index < -0.39 is 11.9 Å². The van der Waals surface area contributed by atoms with Crippen molar-refractivity contribution in [2.24, 2.45) is 0 Å². The Morgan fingerprint density at radius 3 is 2.39 bits per heavy atom. The fourth-order valence-corrected chi connectivity index (χ4v) is 2.64. The molecule has 0 saturated carbocycles. The summed E-state index contributed by atoms with van der Waals surface area (Å²) in [7, 11) is 0. The molecule has 0 aromatic heterocycles. The third kappa shape index (κ3) is 2.95. The predicted molar refractivity (Wildman–Crippen MR) is 86.8 cm³/mol. The zero-order chi connectivity index (χ0) is 16.6. The van der Waals surface area contributed by atoms with Crippen LogP contribution in [0, 0.1) is 19.7 Å². The molecular formula is C18H17FN2O2.